The lowest BCUT2D eigenvalue weighted by Crippen LogP contribution is -2.55. The maximum Gasteiger partial charge on any atom is 0.475 e. The normalized spacial score (nSPS) is 35.7. The number of aromatic amines is 1. The fourth-order valence-electron chi connectivity index (χ4n) is 4.41. The second kappa shape index (κ2) is 8.51. The van der Waals surface area contributed by atoms with Crippen LogP contribution in [0, 0.1) is 5.41 Å². The number of carbonyl (C=O) groups is 1. The van der Waals surface area contributed by atoms with E-state index in [1.807, 2.05) is 0 Å². The SMILES string of the molecule is CCOC(=O)C1(CCO[P@@]2(=O)OC[C@H]3O[C@@H](n4ccc(=O)[nH]c4=O)[C@](C)(N)[C@@H]3O2)CCC1. The third-order valence-corrected chi connectivity index (χ3v) is 7.83. The Labute approximate surface area is 183 Å². The Morgan fingerprint density at radius 3 is 2.78 bits per heavy atom. The second-order valence-electron chi connectivity index (χ2n) is 8.62. The van der Waals surface area contributed by atoms with Gasteiger partial charge in [-0.1, -0.05) is 6.42 Å². The second-order valence-corrected chi connectivity index (χ2v) is 10.2. The van der Waals surface area contributed by atoms with Crippen LogP contribution in [0.3, 0.4) is 0 Å². The number of H-pyrrole nitrogens is 1. The third-order valence-electron chi connectivity index (χ3n) is 6.38. The van der Waals surface area contributed by atoms with Crippen LogP contribution in [0.25, 0.3) is 0 Å². The molecular weight excluding hydrogens is 445 g/mol. The van der Waals surface area contributed by atoms with E-state index in [-0.39, 0.29) is 19.2 Å². The van der Waals surface area contributed by atoms with Crippen molar-refractivity contribution in [2.24, 2.45) is 11.1 Å². The number of nitrogens with two attached hydrogens (primary N) is 1. The molecule has 12 nitrogen and oxygen atoms in total. The third kappa shape index (κ3) is 4.11. The summed E-state index contributed by atoms with van der Waals surface area (Å²) in [6, 6.07) is 1.17. The molecule has 0 bridgehead atoms. The van der Waals surface area contributed by atoms with Gasteiger partial charge in [0.15, 0.2) is 6.23 Å². The molecule has 0 spiro atoms. The summed E-state index contributed by atoms with van der Waals surface area (Å²) in [6.45, 7) is 3.51. The van der Waals surface area contributed by atoms with Crippen LogP contribution >= 0.6 is 7.82 Å². The van der Waals surface area contributed by atoms with Gasteiger partial charge in [0.25, 0.3) is 5.56 Å². The number of phosphoric acid groups is 1. The van der Waals surface area contributed by atoms with E-state index in [0.717, 1.165) is 11.0 Å². The molecule has 178 valence electrons. The molecule has 2 aliphatic heterocycles. The van der Waals surface area contributed by atoms with Gasteiger partial charge in [-0.15, -0.1) is 0 Å². The van der Waals surface area contributed by atoms with E-state index in [0.29, 0.717) is 25.9 Å². The van der Waals surface area contributed by atoms with Crippen LogP contribution in [-0.2, 0) is 32.4 Å². The van der Waals surface area contributed by atoms with E-state index in [1.54, 1.807) is 13.8 Å². The van der Waals surface area contributed by atoms with Crippen LogP contribution in [0.2, 0.25) is 0 Å². The van der Waals surface area contributed by atoms with Crippen LogP contribution in [0.1, 0.15) is 45.8 Å². The number of hydrogen-bond donors (Lipinski definition) is 2. The van der Waals surface area contributed by atoms with Gasteiger partial charge in [0, 0.05) is 12.3 Å². The van der Waals surface area contributed by atoms with E-state index in [9.17, 15) is 18.9 Å². The topological polar surface area (TPSA) is 161 Å². The number of fused-ring (bicyclic) bond motifs is 1. The molecule has 13 heteroatoms. The lowest BCUT2D eigenvalue weighted by molar-refractivity contribution is -0.162. The number of aromatic nitrogens is 2. The summed E-state index contributed by atoms with van der Waals surface area (Å²) in [5.74, 6) is -0.272. The largest absolute Gasteiger partial charge is 0.475 e. The van der Waals surface area contributed by atoms with Crippen molar-refractivity contribution in [3.05, 3.63) is 33.1 Å². The smallest absolute Gasteiger partial charge is 0.466 e. The number of carbonyl (C=O) groups excluding carboxylic acids is 1. The van der Waals surface area contributed by atoms with Crippen LogP contribution in [0.15, 0.2) is 21.9 Å². The molecule has 1 aliphatic carbocycles. The highest BCUT2D eigenvalue weighted by Gasteiger charge is 2.59. The average molecular weight is 473 g/mol. The van der Waals surface area contributed by atoms with Gasteiger partial charge < -0.3 is 15.2 Å². The molecule has 0 aromatic carbocycles. The summed E-state index contributed by atoms with van der Waals surface area (Å²) >= 11 is 0. The fraction of sp³-hybridized carbons (Fsp3) is 0.737. The number of rotatable bonds is 7. The number of nitrogens with one attached hydrogen (secondary N) is 1. The molecule has 3 N–H and O–H groups in total. The van der Waals surface area contributed by atoms with Crippen LogP contribution in [0.5, 0.6) is 0 Å². The summed E-state index contributed by atoms with van der Waals surface area (Å²) in [5, 5.41) is 0. The molecule has 1 aromatic heterocycles. The monoisotopic (exact) mass is 473 g/mol. The van der Waals surface area contributed by atoms with Crippen molar-refractivity contribution in [1.29, 1.82) is 0 Å². The Kier molecular flexibility index (Phi) is 6.21. The van der Waals surface area contributed by atoms with Crippen molar-refractivity contribution in [1.82, 2.24) is 9.55 Å². The molecule has 2 saturated heterocycles. The molecule has 0 radical (unpaired) electrons. The highest BCUT2D eigenvalue weighted by Crippen LogP contribution is 2.58. The van der Waals surface area contributed by atoms with E-state index >= 15 is 0 Å². The van der Waals surface area contributed by atoms with Gasteiger partial charge in [-0.3, -0.25) is 32.7 Å². The van der Waals surface area contributed by atoms with Gasteiger partial charge in [0.05, 0.1) is 30.8 Å². The van der Waals surface area contributed by atoms with Crippen molar-refractivity contribution < 1.29 is 32.4 Å². The zero-order valence-electron chi connectivity index (χ0n) is 18.0. The van der Waals surface area contributed by atoms with E-state index in [1.165, 1.54) is 12.3 Å². The maximum absolute atomic E-state index is 13.1. The van der Waals surface area contributed by atoms with Crippen LogP contribution in [-0.4, -0.2) is 53.1 Å². The molecule has 0 unspecified atom stereocenters. The highest BCUT2D eigenvalue weighted by molar-refractivity contribution is 7.48. The standard InChI is InChI=1S/C19H28N3O9P/c1-3-27-16(24)19(6-4-7-19)8-10-28-32(26)29-11-12-14(31-32)18(2,20)15(30-12)22-9-5-13(23)21-17(22)25/h5,9,12,14-15H,3-4,6-8,10-11,20H2,1-2H3,(H,21,23,25)/t12-,14-,15-,18-,32+/m1/s1. The number of esters is 1. The van der Waals surface area contributed by atoms with Gasteiger partial charge >= 0.3 is 19.5 Å². The minimum Gasteiger partial charge on any atom is -0.466 e. The van der Waals surface area contributed by atoms with E-state index in [2.05, 4.69) is 4.98 Å². The molecule has 0 amide bonds. The van der Waals surface area contributed by atoms with Gasteiger partial charge in [-0.05, 0) is 33.1 Å². The fourth-order valence-corrected chi connectivity index (χ4v) is 5.89. The summed E-state index contributed by atoms with van der Waals surface area (Å²) in [7, 11) is -3.98. The first-order valence-electron chi connectivity index (χ1n) is 10.6. The van der Waals surface area contributed by atoms with Gasteiger partial charge in [0.2, 0.25) is 0 Å². The van der Waals surface area contributed by atoms with Crippen molar-refractivity contribution in [3.63, 3.8) is 0 Å². The molecular formula is C19H28N3O9P. The number of nitrogens with zero attached hydrogens (tertiary/aromatic N) is 1. The van der Waals surface area contributed by atoms with Crippen LogP contribution < -0.4 is 17.0 Å². The molecule has 3 aliphatic rings. The lowest BCUT2D eigenvalue weighted by atomic mass is 9.67. The predicted molar refractivity (Wildman–Crippen MR) is 110 cm³/mol. The van der Waals surface area contributed by atoms with Gasteiger partial charge in [-0.25, -0.2) is 9.36 Å². The van der Waals surface area contributed by atoms with Crippen molar-refractivity contribution in [3.8, 4) is 0 Å². The van der Waals surface area contributed by atoms with Crippen molar-refractivity contribution in [2.45, 2.75) is 63.5 Å². The number of ether oxygens (including phenoxy) is 2. The zero-order valence-corrected chi connectivity index (χ0v) is 18.9. The summed E-state index contributed by atoms with van der Waals surface area (Å²) in [4.78, 5) is 38.0. The minimum atomic E-state index is -3.98. The first-order chi connectivity index (χ1) is 15.1. The molecule has 1 aromatic rings. The molecule has 3 fully saturated rings. The van der Waals surface area contributed by atoms with Crippen molar-refractivity contribution in [2.75, 3.05) is 19.8 Å². The summed E-state index contributed by atoms with van der Waals surface area (Å²) < 4.78 is 41.8. The quantitative estimate of drug-likeness (QED) is 0.428. The summed E-state index contributed by atoms with van der Waals surface area (Å²) in [5.41, 5.74) is 3.30. The summed E-state index contributed by atoms with van der Waals surface area (Å²) in [6.07, 6.45) is 1.33. The Morgan fingerprint density at radius 1 is 1.41 bits per heavy atom. The first kappa shape index (κ1) is 23.3. The van der Waals surface area contributed by atoms with Crippen LogP contribution in [0.4, 0.5) is 0 Å². The predicted octanol–water partition coefficient (Wildman–Crippen LogP) is 0.815. The Balaban J connectivity index is 1.43. The number of phosphoric ester groups is 1. The molecule has 32 heavy (non-hydrogen) atoms. The first-order valence-corrected chi connectivity index (χ1v) is 12.1. The Bertz CT molecular complexity index is 1030. The zero-order chi connectivity index (χ0) is 23.1. The minimum absolute atomic E-state index is 0.0154. The average Bonchev–Trinajstić information content (AvgIpc) is 2.94. The highest BCUT2D eigenvalue weighted by atomic mass is 31.2. The molecule has 4 rings (SSSR count). The lowest BCUT2D eigenvalue weighted by Gasteiger charge is -2.40. The number of hydrogen-bond acceptors (Lipinski definition) is 10. The van der Waals surface area contributed by atoms with Gasteiger partial charge in [0.1, 0.15) is 12.2 Å². The Morgan fingerprint density at radius 2 is 2.16 bits per heavy atom. The van der Waals surface area contributed by atoms with E-state index < -0.39 is 48.5 Å². The maximum atomic E-state index is 13.1. The van der Waals surface area contributed by atoms with Gasteiger partial charge in [-0.2, -0.15) is 0 Å². The molecule has 1 saturated carbocycles. The molecule has 5 atom stereocenters. The van der Waals surface area contributed by atoms with E-state index in [4.69, 9.17) is 28.8 Å². The molecule has 3 heterocycles. The Hall–Kier alpha value is -1.82. The van der Waals surface area contributed by atoms with Crippen molar-refractivity contribution >= 4 is 13.8 Å².